The Labute approximate surface area is 167 Å². The van der Waals surface area contributed by atoms with Gasteiger partial charge in [-0.05, 0) is 59.0 Å². The van der Waals surface area contributed by atoms with Crippen LogP contribution in [0.2, 0.25) is 0 Å². The summed E-state index contributed by atoms with van der Waals surface area (Å²) >= 11 is 1.56. The van der Waals surface area contributed by atoms with Crippen molar-refractivity contribution in [2.75, 3.05) is 30.9 Å². The monoisotopic (exact) mass is 423 g/mol. The van der Waals surface area contributed by atoms with Crippen LogP contribution in [0.15, 0.2) is 0 Å². The van der Waals surface area contributed by atoms with E-state index in [4.69, 9.17) is 4.74 Å². The van der Waals surface area contributed by atoms with Gasteiger partial charge in [0, 0.05) is 19.1 Å². The molecule has 1 fully saturated rings. The molecule has 1 saturated heterocycles. The first-order valence-corrected chi connectivity index (χ1v) is 12.3. The molecule has 0 bridgehead atoms. The fourth-order valence-electron chi connectivity index (χ4n) is 2.61. The van der Waals surface area contributed by atoms with E-state index < -0.39 is 21.7 Å². The molecule has 1 rings (SSSR count). The van der Waals surface area contributed by atoms with Crippen molar-refractivity contribution in [3.63, 3.8) is 0 Å². The Kier molecular flexibility index (Phi) is 9.36. The molecule has 0 radical (unpaired) electrons. The van der Waals surface area contributed by atoms with Crippen molar-refractivity contribution < 1.29 is 22.7 Å². The van der Waals surface area contributed by atoms with Crippen molar-refractivity contribution >= 4 is 33.8 Å². The molecule has 1 atom stereocenters. The second-order valence-electron chi connectivity index (χ2n) is 7.61. The van der Waals surface area contributed by atoms with Gasteiger partial charge in [-0.1, -0.05) is 0 Å². The van der Waals surface area contributed by atoms with Crippen LogP contribution in [0.5, 0.6) is 0 Å². The lowest BCUT2D eigenvalue weighted by Crippen LogP contribution is -2.53. The van der Waals surface area contributed by atoms with E-state index in [0.29, 0.717) is 38.1 Å². The highest BCUT2D eigenvalue weighted by molar-refractivity contribution is 7.98. The molecule has 0 spiro atoms. The summed E-state index contributed by atoms with van der Waals surface area (Å²) in [5.74, 6) is 0.308. The number of nitrogens with zero attached hydrogens (tertiary/aromatic N) is 1. The maximum Gasteiger partial charge on any atom is 0.410 e. The van der Waals surface area contributed by atoms with Gasteiger partial charge < -0.3 is 15.0 Å². The Hall–Kier alpha value is -1.00. The molecule has 1 aliphatic rings. The molecular weight excluding hydrogens is 390 g/mol. The van der Waals surface area contributed by atoms with E-state index in [2.05, 4.69) is 10.0 Å². The summed E-state index contributed by atoms with van der Waals surface area (Å²) in [7, 11) is -3.46. The summed E-state index contributed by atoms with van der Waals surface area (Å²) in [6, 6.07) is -0.856. The van der Waals surface area contributed by atoms with Gasteiger partial charge in [-0.25, -0.2) is 17.9 Å². The molecule has 1 aliphatic heterocycles. The van der Waals surface area contributed by atoms with E-state index in [1.807, 2.05) is 27.0 Å². The predicted molar refractivity (Wildman–Crippen MR) is 108 cm³/mol. The van der Waals surface area contributed by atoms with E-state index >= 15 is 0 Å². The molecule has 2 amide bonds. The lowest BCUT2D eigenvalue weighted by molar-refractivity contribution is -0.123. The Morgan fingerprint density at radius 2 is 1.85 bits per heavy atom. The third-order valence-corrected chi connectivity index (χ3v) is 6.17. The summed E-state index contributed by atoms with van der Waals surface area (Å²) in [5, 5.41) is 2.93. The van der Waals surface area contributed by atoms with Crippen molar-refractivity contribution in [2.45, 2.75) is 64.6 Å². The van der Waals surface area contributed by atoms with Gasteiger partial charge in [-0.3, -0.25) is 4.79 Å². The molecule has 1 heterocycles. The number of hydrogen-bond donors (Lipinski definition) is 2. The maximum atomic E-state index is 12.6. The minimum Gasteiger partial charge on any atom is -0.444 e. The molecule has 2 N–H and O–H groups in total. The van der Waals surface area contributed by atoms with Crippen LogP contribution in [0.25, 0.3) is 0 Å². The molecule has 0 saturated carbocycles. The lowest BCUT2D eigenvalue weighted by atomic mass is 10.0. The van der Waals surface area contributed by atoms with E-state index in [-0.39, 0.29) is 23.8 Å². The fraction of sp³-hybridized carbons (Fsp3) is 0.882. The minimum atomic E-state index is -3.46. The molecule has 0 aromatic rings. The van der Waals surface area contributed by atoms with Crippen LogP contribution in [-0.4, -0.2) is 73.9 Å². The van der Waals surface area contributed by atoms with Crippen LogP contribution in [-0.2, 0) is 19.6 Å². The van der Waals surface area contributed by atoms with E-state index in [1.54, 1.807) is 16.7 Å². The minimum absolute atomic E-state index is 0.0652. The summed E-state index contributed by atoms with van der Waals surface area (Å²) in [5.41, 5.74) is -0.539. The molecule has 8 nitrogen and oxygen atoms in total. The smallest absolute Gasteiger partial charge is 0.410 e. The molecule has 0 aromatic carbocycles. The largest absolute Gasteiger partial charge is 0.444 e. The van der Waals surface area contributed by atoms with Gasteiger partial charge in [0.2, 0.25) is 15.9 Å². The molecule has 0 aliphatic carbocycles. The number of likely N-dealkylation sites (tertiary alicyclic amines) is 1. The lowest BCUT2D eigenvalue weighted by Gasteiger charge is -2.34. The van der Waals surface area contributed by atoms with Gasteiger partial charge in [0.1, 0.15) is 11.6 Å². The molecule has 1 unspecified atom stereocenters. The SMILES string of the molecule is CCS(=O)(=O)NC(CCSC)C(=O)NC1CCN(C(=O)OC(C)(C)C)CC1. The highest BCUT2D eigenvalue weighted by atomic mass is 32.2. The zero-order chi connectivity index (χ0) is 20.7. The van der Waals surface area contributed by atoms with Crippen molar-refractivity contribution in [3.8, 4) is 0 Å². The van der Waals surface area contributed by atoms with E-state index in [1.165, 1.54) is 6.92 Å². The van der Waals surface area contributed by atoms with E-state index in [0.717, 1.165) is 0 Å². The van der Waals surface area contributed by atoms with Crippen LogP contribution in [0.4, 0.5) is 4.79 Å². The first kappa shape index (κ1) is 24.0. The Bertz CT molecular complexity index is 596. The number of nitrogens with one attached hydrogen (secondary N) is 2. The number of amides is 2. The van der Waals surface area contributed by atoms with Gasteiger partial charge in [-0.2, -0.15) is 11.8 Å². The summed E-state index contributed by atoms with van der Waals surface area (Å²) in [6.45, 7) is 8.00. The van der Waals surface area contributed by atoms with Crippen LogP contribution in [0.1, 0.15) is 47.0 Å². The highest BCUT2D eigenvalue weighted by Gasteiger charge is 2.30. The van der Waals surface area contributed by atoms with Crippen molar-refractivity contribution in [1.29, 1.82) is 0 Å². The third kappa shape index (κ3) is 9.16. The van der Waals surface area contributed by atoms with Crippen molar-refractivity contribution in [3.05, 3.63) is 0 Å². The van der Waals surface area contributed by atoms with Gasteiger partial charge in [0.15, 0.2) is 0 Å². The first-order chi connectivity index (χ1) is 12.5. The van der Waals surface area contributed by atoms with Crippen molar-refractivity contribution in [1.82, 2.24) is 14.9 Å². The highest BCUT2D eigenvalue weighted by Crippen LogP contribution is 2.16. The normalized spacial score (nSPS) is 17.4. The standard InChI is InChI=1S/C17H33N3O5S2/c1-6-27(23,24)19-14(9-12-26-5)15(21)18-13-7-10-20(11-8-13)16(22)25-17(2,3)4/h13-14,19H,6-12H2,1-5H3,(H,18,21). The Morgan fingerprint density at radius 1 is 1.26 bits per heavy atom. The Morgan fingerprint density at radius 3 is 2.33 bits per heavy atom. The molecule has 27 heavy (non-hydrogen) atoms. The van der Waals surface area contributed by atoms with Crippen LogP contribution >= 0.6 is 11.8 Å². The number of sulfonamides is 1. The average molecular weight is 424 g/mol. The number of thioether (sulfide) groups is 1. The fourth-order valence-corrected chi connectivity index (χ4v) is 3.91. The van der Waals surface area contributed by atoms with Crippen LogP contribution in [0.3, 0.4) is 0 Å². The topological polar surface area (TPSA) is 105 Å². The number of carbonyl (C=O) groups is 2. The van der Waals surface area contributed by atoms with Gasteiger partial charge >= 0.3 is 6.09 Å². The number of rotatable bonds is 8. The summed E-state index contributed by atoms with van der Waals surface area (Å²) in [4.78, 5) is 26.3. The number of carbonyl (C=O) groups excluding carboxylic acids is 2. The third-order valence-electron chi connectivity index (χ3n) is 4.12. The van der Waals surface area contributed by atoms with Gasteiger partial charge in [0.05, 0.1) is 5.75 Å². The molecule has 0 aromatic heterocycles. The Balaban J connectivity index is 2.57. The zero-order valence-corrected chi connectivity index (χ0v) is 18.5. The summed E-state index contributed by atoms with van der Waals surface area (Å²) in [6.07, 6.45) is 3.22. The summed E-state index contributed by atoms with van der Waals surface area (Å²) < 4.78 is 31.5. The molecular formula is C17H33N3O5S2. The molecule has 158 valence electrons. The van der Waals surface area contributed by atoms with Crippen LogP contribution < -0.4 is 10.0 Å². The number of ether oxygens (including phenoxy) is 1. The second-order valence-corrected chi connectivity index (χ2v) is 10.6. The number of hydrogen-bond acceptors (Lipinski definition) is 6. The quantitative estimate of drug-likeness (QED) is 0.614. The zero-order valence-electron chi connectivity index (χ0n) is 16.9. The van der Waals surface area contributed by atoms with E-state index in [9.17, 15) is 18.0 Å². The first-order valence-electron chi connectivity index (χ1n) is 9.24. The number of piperidine rings is 1. The molecule has 10 heteroatoms. The van der Waals surface area contributed by atoms with Gasteiger partial charge in [0.25, 0.3) is 0 Å². The second kappa shape index (κ2) is 10.5. The predicted octanol–water partition coefficient (Wildman–Crippen LogP) is 1.56. The van der Waals surface area contributed by atoms with Crippen molar-refractivity contribution in [2.24, 2.45) is 0 Å². The maximum absolute atomic E-state index is 12.6. The average Bonchev–Trinajstić information content (AvgIpc) is 2.57. The van der Waals surface area contributed by atoms with Gasteiger partial charge in [-0.15, -0.1) is 0 Å². The van der Waals surface area contributed by atoms with Crippen LogP contribution in [0, 0.1) is 0 Å².